The Morgan fingerprint density at radius 3 is 2.29 bits per heavy atom. The van der Waals surface area contributed by atoms with Crippen LogP contribution < -0.4 is 0 Å². The Labute approximate surface area is 99.0 Å². The van der Waals surface area contributed by atoms with Gasteiger partial charge >= 0.3 is 5.97 Å². The molecule has 17 heavy (non-hydrogen) atoms. The lowest BCUT2D eigenvalue weighted by Crippen LogP contribution is -1.98. The van der Waals surface area contributed by atoms with Crippen LogP contribution in [0.2, 0.25) is 0 Å². The van der Waals surface area contributed by atoms with Crippen molar-refractivity contribution in [1.82, 2.24) is 0 Å². The van der Waals surface area contributed by atoms with Gasteiger partial charge in [-0.3, -0.25) is 0 Å². The molecule has 0 fully saturated rings. The Morgan fingerprint density at radius 1 is 1.06 bits per heavy atom. The van der Waals surface area contributed by atoms with Crippen molar-refractivity contribution in [3.05, 3.63) is 53.6 Å². The lowest BCUT2D eigenvalue weighted by molar-refractivity contribution is 0.0694. The molecule has 0 aliphatic heterocycles. The zero-order valence-corrected chi connectivity index (χ0v) is 9.34. The average molecular weight is 228 g/mol. The lowest BCUT2D eigenvalue weighted by atomic mass is 9.96. The molecule has 2 aromatic rings. The van der Waals surface area contributed by atoms with Gasteiger partial charge in [-0.1, -0.05) is 36.4 Å². The van der Waals surface area contributed by atoms with Crippen LogP contribution in [0, 0.1) is 6.92 Å². The number of hydrogen-bond donors (Lipinski definition) is 2. The summed E-state index contributed by atoms with van der Waals surface area (Å²) < 4.78 is 0. The van der Waals surface area contributed by atoms with Crippen molar-refractivity contribution in [2.45, 2.75) is 6.92 Å². The number of rotatable bonds is 2. The van der Waals surface area contributed by atoms with Gasteiger partial charge in [0.1, 0.15) is 11.3 Å². The predicted molar refractivity (Wildman–Crippen MR) is 65.2 cm³/mol. The van der Waals surface area contributed by atoms with Crippen LogP contribution in [0.4, 0.5) is 0 Å². The molecule has 0 bridgehead atoms. The van der Waals surface area contributed by atoms with Crippen LogP contribution in [-0.2, 0) is 0 Å². The fourth-order valence-corrected chi connectivity index (χ4v) is 1.83. The summed E-state index contributed by atoms with van der Waals surface area (Å²) in [6, 6.07) is 12.4. The van der Waals surface area contributed by atoms with Crippen LogP contribution in [0.5, 0.6) is 5.75 Å². The van der Waals surface area contributed by atoms with Crippen molar-refractivity contribution in [2.24, 2.45) is 0 Å². The minimum Gasteiger partial charge on any atom is -0.506 e. The molecular weight excluding hydrogens is 216 g/mol. The summed E-state index contributed by atoms with van der Waals surface area (Å²) in [6.07, 6.45) is 0. The van der Waals surface area contributed by atoms with Gasteiger partial charge < -0.3 is 10.2 Å². The highest BCUT2D eigenvalue weighted by Gasteiger charge is 2.16. The molecule has 2 N–H and O–H groups in total. The van der Waals surface area contributed by atoms with Crippen LogP contribution in [0.25, 0.3) is 11.1 Å². The second-order valence-corrected chi connectivity index (χ2v) is 3.82. The molecule has 0 aromatic heterocycles. The lowest BCUT2D eigenvalue weighted by Gasteiger charge is -2.10. The van der Waals surface area contributed by atoms with E-state index in [1.54, 1.807) is 6.07 Å². The van der Waals surface area contributed by atoms with Crippen molar-refractivity contribution in [3.63, 3.8) is 0 Å². The van der Waals surface area contributed by atoms with Gasteiger partial charge in [0.05, 0.1) is 0 Å². The number of benzene rings is 2. The Balaban J connectivity index is 2.69. The smallest absolute Gasteiger partial charge is 0.339 e. The third-order valence-electron chi connectivity index (χ3n) is 2.68. The maximum atomic E-state index is 11.0. The Kier molecular flexibility index (Phi) is 2.83. The highest BCUT2D eigenvalue weighted by Crippen LogP contribution is 2.35. The van der Waals surface area contributed by atoms with E-state index in [0.717, 1.165) is 11.1 Å². The summed E-state index contributed by atoms with van der Waals surface area (Å²) in [5.74, 6) is -1.30. The van der Waals surface area contributed by atoms with Crippen LogP contribution in [0.15, 0.2) is 42.5 Å². The van der Waals surface area contributed by atoms with Crippen LogP contribution in [-0.4, -0.2) is 16.2 Å². The number of aromatic carboxylic acids is 1. The summed E-state index contributed by atoms with van der Waals surface area (Å²) >= 11 is 0. The molecule has 0 atom stereocenters. The highest BCUT2D eigenvalue weighted by atomic mass is 16.4. The van der Waals surface area contributed by atoms with Gasteiger partial charge in [-0.05, 0) is 24.1 Å². The Morgan fingerprint density at radius 2 is 1.71 bits per heavy atom. The number of aromatic hydroxyl groups is 1. The van der Waals surface area contributed by atoms with E-state index in [4.69, 9.17) is 5.11 Å². The normalized spacial score (nSPS) is 10.2. The summed E-state index contributed by atoms with van der Waals surface area (Å²) in [4.78, 5) is 11.0. The van der Waals surface area contributed by atoms with E-state index in [1.165, 1.54) is 6.07 Å². The van der Waals surface area contributed by atoms with Crippen LogP contribution in [0.1, 0.15) is 15.9 Å². The van der Waals surface area contributed by atoms with Gasteiger partial charge in [-0.15, -0.1) is 0 Å². The minimum atomic E-state index is -1.13. The van der Waals surface area contributed by atoms with Crippen molar-refractivity contribution < 1.29 is 15.0 Å². The molecule has 86 valence electrons. The first kappa shape index (κ1) is 11.2. The van der Waals surface area contributed by atoms with Crippen molar-refractivity contribution in [1.29, 1.82) is 0 Å². The number of hydrogen-bond acceptors (Lipinski definition) is 2. The summed E-state index contributed by atoms with van der Waals surface area (Å²) in [6.45, 7) is 1.84. The first-order valence-electron chi connectivity index (χ1n) is 5.22. The first-order chi connectivity index (χ1) is 8.11. The molecule has 0 spiro atoms. The second kappa shape index (κ2) is 4.29. The minimum absolute atomic E-state index is 0.0746. The van der Waals surface area contributed by atoms with Gasteiger partial charge in [0.25, 0.3) is 0 Å². The van der Waals surface area contributed by atoms with Crippen LogP contribution in [0.3, 0.4) is 0 Å². The molecule has 2 rings (SSSR count). The van der Waals surface area contributed by atoms with E-state index in [1.807, 2.05) is 37.3 Å². The third kappa shape index (κ3) is 1.99. The Hall–Kier alpha value is -2.29. The van der Waals surface area contributed by atoms with E-state index >= 15 is 0 Å². The van der Waals surface area contributed by atoms with Crippen molar-refractivity contribution in [2.75, 3.05) is 0 Å². The van der Waals surface area contributed by atoms with E-state index in [2.05, 4.69) is 0 Å². The molecule has 0 radical (unpaired) electrons. The summed E-state index contributed by atoms with van der Waals surface area (Å²) in [5.41, 5.74) is 2.16. The number of carboxylic acids is 1. The zero-order chi connectivity index (χ0) is 12.4. The molecule has 0 saturated carbocycles. The molecule has 0 amide bonds. The molecule has 2 aromatic carbocycles. The Bertz CT molecular complexity index is 559. The van der Waals surface area contributed by atoms with Crippen molar-refractivity contribution in [3.8, 4) is 16.9 Å². The van der Waals surface area contributed by atoms with Gasteiger partial charge in [0.15, 0.2) is 0 Å². The van der Waals surface area contributed by atoms with Crippen LogP contribution >= 0.6 is 0 Å². The molecular formula is C14H12O3. The SMILES string of the molecule is Cc1ccc(C(=O)O)c(O)c1-c1ccccc1. The number of carboxylic acid groups (broad SMARTS) is 1. The van der Waals surface area contributed by atoms with E-state index in [0.29, 0.717) is 5.56 Å². The first-order valence-corrected chi connectivity index (χ1v) is 5.22. The van der Waals surface area contributed by atoms with Gasteiger partial charge in [0.2, 0.25) is 0 Å². The maximum Gasteiger partial charge on any atom is 0.339 e. The molecule has 3 heteroatoms. The third-order valence-corrected chi connectivity index (χ3v) is 2.68. The van der Waals surface area contributed by atoms with Gasteiger partial charge in [-0.25, -0.2) is 4.79 Å². The molecule has 3 nitrogen and oxygen atoms in total. The summed E-state index contributed by atoms with van der Waals surface area (Å²) in [7, 11) is 0. The second-order valence-electron chi connectivity index (χ2n) is 3.82. The monoisotopic (exact) mass is 228 g/mol. The van der Waals surface area contributed by atoms with Gasteiger partial charge in [-0.2, -0.15) is 0 Å². The molecule has 0 aliphatic carbocycles. The zero-order valence-electron chi connectivity index (χ0n) is 9.34. The summed E-state index contributed by atoms with van der Waals surface area (Å²) in [5, 5.41) is 19.0. The molecule has 0 saturated heterocycles. The number of aryl methyl sites for hydroxylation is 1. The standard InChI is InChI=1S/C14H12O3/c1-9-7-8-11(14(16)17)13(15)12(9)10-5-3-2-4-6-10/h2-8,15H,1H3,(H,16,17). The fourth-order valence-electron chi connectivity index (χ4n) is 1.83. The molecule has 0 heterocycles. The van der Waals surface area contributed by atoms with Gasteiger partial charge in [0, 0.05) is 5.56 Å². The molecule has 0 unspecified atom stereocenters. The fraction of sp³-hybridized carbons (Fsp3) is 0.0714. The highest BCUT2D eigenvalue weighted by molar-refractivity contribution is 5.94. The largest absolute Gasteiger partial charge is 0.506 e. The average Bonchev–Trinajstić information content (AvgIpc) is 2.30. The van der Waals surface area contributed by atoms with Crippen molar-refractivity contribution >= 4 is 5.97 Å². The quantitative estimate of drug-likeness (QED) is 0.830. The van der Waals surface area contributed by atoms with E-state index in [-0.39, 0.29) is 11.3 Å². The predicted octanol–water partition coefficient (Wildman–Crippen LogP) is 3.07. The number of phenols is 1. The van der Waals surface area contributed by atoms with E-state index in [9.17, 15) is 9.90 Å². The number of carbonyl (C=O) groups is 1. The topological polar surface area (TPSA) is 57.5 Å². The van der Waals surface area contributed by atoms with E-state index < -0.39 is 5.97 Å². The maximum absolute atomic E-state index is 11.0. The molecule has 0 aliphatic rings.